The van der Waals surface area contributed by atoms with Crippen LogP contribution in [0.1, 0.15) is 40.0 Å². The van der Waals surface area contributed by atoms with Crippen LogP contribution in [0.3, 0.4) is 0 Å². The molecule has 0 unspecified atom stereocenters. The average molecular weight is 211 g/mol. The van der Waals surface area contributed by atoms with E-state index in [-0.39, 0.29) is 9.52 Å². The van der Waals surface area contributed by atoms with Gasteiger partial charge in [-0.15, -0.1) is 6.58 Å². The van der Waals surface area contributed by atoms with Crippen LogP contribution in [0.15, 0.2) is 12.2 Å². The van der Waals surface area contributed by atoms with E-state index in [1.807, 2.05) is 0 Å². The van der Waals surface area contributed by atoms with Gasteiger partial charge in [0.15, 0.2) is 0 Å². The van der Waals surface area contributed by atoms with Crippen LogP contribution in [0.5, 0.6) is 0 Å². The highest BCUT2D eigenvalue weighted by Crippen LogP contribution is 2.21. The minimum atomic E-state index is -0.0267. The molecule has 14 heavy (non-hydrogen) atoms. The fraction of sp³-hybridized carbons (Fsp3) is 0.833. The van der Waals surface area contributed by atoms with Crippen molar-refractivity contribution in [1.82, 2.24) is 4.90 Å². The number of allylic oxidation sites excluding steroid dienone is 1. The van der Waals surface area contributed by atoms with Gasteiger partial charge in [-0.1, -0.05) is 25.8 Å². The minimum Gasteiger partial charge on any atom is -0.301 e. The summed E-state index contributed by atoms with van der Waals surface area (Å²) >= 11 is 0. The molecule has 1 saturated heterocycles. The van der Waals surface area contributed by atoms with Crippen molar-refractivity contribution in [3.63, 3.8) is 0 Å². The second kappa shape index (κ2) is 5.13. The smallest absolute Gasteiger partial charge is 0.0480 e. The Hall–Kier alpha value is -0.0831. The molecule has 0 aromatic carbocycles. The lowest BCUT2D eigenvalue weighted by Gasteiger charge is -2.41. The zero-order valence-electron chi connectivity index (χ0n) is 10.1. The van der Waals surface area contributed by atoms with Crippen molar-refractivity contribution in [3.05, 3.63) is 12.2 Å². The molecular weight excluding hydrogens is 186 g/mol. The zero-order valence-corrected chi connectivity index (χ0v) is 11.5. The van der Waals surface area contributed by atoms with Crippen molar-refractivity contribution in [2.24, 2.45) is 0 Å². The van der Waals surface area contributed by atoms with Crippen LogP contribution in [0.2, 0.25) is 6.04 Å². The van der Waals surface area contributed by atoms with Gasteiger partial charge in [0, 0.05) is 14.7 Å². The van der Waals surface area contributed by atoms with Gasteiger partial charge in [-0.2, -0.15) is 0 Å². The molecule has 0 aromatic heterocycles. The fourth-order valence-electron chi connectivity index (χ4n) is 2.18. The molecule has 2 heteroatoms. The highest BCUT2D eigenvalue weighted by Gasteiger charge is 2.27. The standard InChI is InChI=1S/C12H25NSi/c1-11(2)10-14-12(3,4)13-8-6-5-7-9-13/h1,5-10,14H2,2-4H3. The van der Waals surface area contributed by atoms with Gasteiger partial charge in [-0.05, 0) is 38.9 Å². The Morgan fingerprint density at radius 1 is 1.29 bits per heavy atom. The largest absolute Gasteiger partial charge is 0.301 e. The Morgan fingerprint density at radius 2 is 1.86 bits per heavy atom. The molecule has 0 spiro atoms. The molecule has 0 saturated carbocycles. The van der Waals surface area contributed by atoms with Crippen LogP contribution < -0.4 is 0 Å². The summed E-state index contributed by atoms with van der Waals surface area (Å²) in [6.07, 6.45) is 4.25. The highest BCUT2D eigenvalue weighted by atomic mass is 28.2. The second-order valence-corrected chi connectivity index (χ2v) is 8.05. The van der Waals surface area contributed by atoms with Gasteiger partial charge in [0.2, 0.25) is 0 Å². The molecule has 0 aliphatic carbocycles. The lowest BCUT2D eigenvalue weighted by molar-refractivity contribution is 0.154. The molecular formula is C12H25NSi. The molecule has 0 aromatic rings. The van der Waals surface area contributed by atoms with Gasteiger partial charge >= 0.3 is 0 Å². The van der Waals surface area contributed by atoms with Crippen molar-refractivity contribution >= 4 is 9.52 Å². The number of rotatable bonds is 4. The van der Waals surface area contributed by atoms with E-state index in [4.69, 9.17) is 0 Å². The molecule has 1 nitrogen and oxygen atoms in total. The molecule has 0 radical (unpaired) electrons. The molecule has 1 rings (SSSR count). The van der Waals surface area contributed by atoms with Crippen LogP contribution in [-0.2, 0) is 0 Å². The predicted octanol–water partition coefficient (Wildman–Crippen LogP) is 2.37. The Labute approximate surface area is 91.4 Å². The zero-order chi connectivity index (χ0) is 10.6. The molecule has 1 aliphatic heterocycles. The quantitative estimate of drug-likeness (QED) is 0.510. The fourth-order valence-corrected chi connectivity index (χ4v) is 3.85. The summed E-state index contributed by atoms with van der Waals surface area (Å²) < 4.78 is 0. The minimum absolute atomic E-state index is 0.0267. The van der Waals surface area contributed by atoms with Gasteiger partial charge < -0.3 is 4.90 Å². The van der Waals surface area contributed by atoms with Crippen LogP contribution in [0.4, 0.5) is 0 Å². The number of hydrogen-bond acceptors (Lipinski definition) is 1. The Morgan fingerprint density at radius 3 is 2.36 bits per heavy atom. The van der Waals surface area contributed by atoms with Gasteiger partial charge in [-0.3, -0.25) is 0 Å². The lowest BCUT2D eigenvalue weighted by atomic mass is 10.1. The van der Waals surface area contributed by atoms with Crippen LogP contribution >= 0.6 is 0 Å². The molecule has 0 amide bonds. The topological polar surface area (TPSA) is 3.24 Å². The maximum Gasteiger partial charge on any atom is 0.0480 e. The van der Waals surface area contributed by atoms with E-state index in [2.05, 4.69) is 32.3 Å². The van der Waals surface area contributed by atoms with Gasteiger partial charge in [0.1, 0.15) is 0 Å². The van der Waals surface area contributed by atoms with E-state index >= 15 is 0 Å². The van der Waals surface area contributed by atoms with E-state index in [0.717, 1.165) is 0 Å². The molecule has 1 heterocycles. The molecule has 0 bridgehead atoms. The Bertz CT molecular complexity index is 192. The van der Waals surface area contributed by atoms with Crippen LogP contribution in [-0.4, -0.2) is 32.7 Å². The molecule has 1 aliphatic rings. The first-order valence-electron chi connectivity index (χ1n) is 5.92. The summed E-state index contributed by atoms with van der Waals surface area (Å²) in [5, 5.41) is 0.513. The van der Waals surface area contributed by atoms with Crippen molar-refractivity contribution in [2.45, 2.75) is 51.2 Å². The molecule has 0 atom stereocenters. The summed E-state index contributed by atoms with van der Waals surface area (Å²) in [6, 6.07) is 1.31. The molecule has 1 fully saturated rings. The first-order chi connectivity index (χ1) is 6.52. The average Bonchev–Trinajstić information content (AvgIpc) is 2.16. The van der Waals surface area contributed by atoms with E-state index in [0.29, 0.717) is 5.16 Å². The second-order valence-electron chi connectivity index (χ2n) is 5.32. The van der Waals surface area contributed by atoms with E-state index in [9.17, 15) is 0 Å². The maximum absolute atomic E-state index is 4.02. The first kappa shape index (κ1) is 12.0. The van der Waals surface area contributed by atoms with Crippen molar-refractivity contribution in [2.75, 3.05) is 13.1 Å². The Balaban J connectivity index is 2.41. The summed E-state index contributed by atoms with van der Waals surface area (Å²) in [5.74, 6) is 0. The molecule has 82 valence electrons. The monoisotopic (exact) mass is 211 g/mol. The number of likely N-dealkylation sites (tertiary alicyclic amines) is 1. The van der Waals surface area contributed by atoms with Crippen LogP contribution in [0.25, 0.3) is 0 Å². The summed E-state index contributed by atoms with van der Waals surface area (Å²) in [4.78, 5) is 2.71. The summed E-state index contributed by atoms with van der Waals surface area (Å²) in [6.45, 7) is 13.7. The third kappa shape index (κ3) is 3.58. The van der Waals surface area contributed by atoms with E-state index < -0.39 is 0 Å². The normalized spacial score (nSPS) is 20.5. The van der Waals surface area contributed by atoms with E-state index in [1.165, 1.54) is 44.0 Å². The Kier molecular flexibility index (Phi) is 4.39. The van der Waals surface area contributed by atoms with Crippen LogP contribution in [0, 0.1) is 0 Å². The SMILES string of the molecule is C=C(C)C[SiH2]C(C)(C)N1CCCCC1. The molecule has 0 N–H and O–H groups in total. The van der Waals surface area contributed by atoms with Crippen molar-refractivity contribution < 1.29 is 0 Å². The highest BCUT2D eigenvalue weighted by molar-refractivity contribution is 6.40. The summed E-state index contributed by atoms with van der Waals surface area (Å²) in [7, 11) is -0.0267. The number of piperidine rings is 1. The number of nitrogens with zero attached hydrogens (tertiary/aromatic N) is 1. The van der Waals surface area contributed by atoms with Crippen molar-refractivity contribution in [1.29, 1.82) is 0 Å². The van der Waals surface area contributed by atoms with Gasteiger partial charge in [0.05, 0.1) is 0 Å². The maximum atomic E-state index is 4.02. The van der Waals surface area contributed by atoms with Gasteiger partial charge in [-0.25, -0.2) is 0 Å². The first-order valence-corrected chi connectivity index (χ1v) is 7.62. The third-order valence-corrected chi connectivity index (χ3v) is 6.15. The van der Waals surface area contributed by atoms with Crippen molar-refractivity contribution in [3.8, 4) is 0 Å². The third-order valence-electron chi connectivity index (χ3n) is 3.38. The van der Waals surface area contributed by atoms with Gasteiger partial charge in [0.25, 0.3) is 0 Å². The summed E-state index contributed by atoms with van der Waals surface area (Å²) in [5.41, 5.74) is 1.38. The predicted molar refractivity (Wildman–Crippen MR) is 67.7 cm³/mol. The number of hydrogen-bond donors (Lipinski definition) is 0. The van der Waals surface area contributed by atoms with E-state index in [1.54, 1.807) is 0 Å². The lowest BCUT2D eigenvalue weighted by Crippen LogP contribution is -2.50.